The molecule has 0 bridgehead atoms. The largest absolute Gasteiger partial charge is 0.506 e. The molecule has 5 unspecified atom stereocenters. The molecule has 0 saturated carbocycles. The molecule has 5 N–H and O–H groups in total. The minimum atomic E-state index is -1.61. The van der Waals surface area contributed by atoms with E-state index in [-0.39, 0.29) is 27.9 Å². The molecule has 9 heteroatoms. The maximum atomic E-state index is 12.4. The van der Waals surface area contributed by atoms with Gasteiger partial charge in [0.1, 0.15) is 52.6 Å². The van der Waals surface area contributed by atoms with Gasteiger partial charge in [-0.15, -0.1) is 0 Å². The van der Waals surface area contributed by atoms with Gasteiger partial charge in [0.2, 0.25) is 6.29 Å². The van der Waals surface area contributed by atoms with Crippen molar-refractivity contribution < 1.29 is 39.4 Å². The van der Waals surface area contributed by atoms with Crippen LogP contribution in [0.25, 0.3) is 21.7 Å². The highest BCUT2D eigenvalue weighted by Gasteiger charge is 2.44. The Labute approximate surface area is 164 Å². The lowest BCUT2D eigenvalue weighted by Gasteiger charge is -2.39. The summed E-state index contributed by atoms with van der Waals surface area (Å²) in [4.78, 5) is 12.4. The van der Waals surface area contributed by atoms with Crippen molar-refractivity contribution >= 4 is 21.7 Å². The van der Waals surface area contributed by atoms with Gasteiger partial charge in [0.15, 0.2) is 5.43 Å². The molecule has 1 aliphatic rings. The van der Waals surface area contributed by atoms with Crippen molar-refractivity contribution in [2.24, 2.45) is 0 Å². The van der Waals surface area contributed by atoms with Crippen LogP contribution in [0.15, 0.2) is 39.5 Å². The standard InChI is InChI=1S/C20H20O9/c1-8-5-10(22)15-12(27-8)6-9-3-2-4-11(14(9)17(15)24)28-20-19(26)18(25)16(23)13(7-21)29-20/h2-6,13,16,18-21,23-26H,7H2,1H3. The number of fused-ring (bicyclic) bond motifs is 2. The molecule has 3 aromatic rings. The van der Waals surface area contributed by atoms with Gasteiger partial charge in [-0.05, 0) is 24.4 Å². The molecule has 1 saturated heterocycles. The van der Waals surface area contributed by atoms with Crippen LogP contribution in [0.5, 0.6) is 11.5 Å². The predicted molar refractivity (Wildman–Crippen MR) is 101 cm³/mol. The molecule has 5 atom stereocenters. The highest BCUT2D eigenvalue weighted by Crippen LogP contribution is 2.39. The number of hydrogen-bond acceptors (Lipinski definition) is 9. The van der Waals surface area contributed by atoms with Crippen LogP contribution in [0.2, 0.25) is 0 Å². The predicted octanol–water partition coefficient (Wildman–Crippen LogP) is 0.139. The van der Waals surface area contributed by atoms with E-state index in [0.29, 0.717) is 11.1 Å². The number of benzene rings is 2. The summed E-state index contributed by atoms with van der Waals surface area (Å²) in [5.74, 6) is 0.118. The number of aliphatic hydroxyl groups is 4. The van der Waals surface area contributed by atoms with Gasteiger partial charge in [0.25, 0.3) is 0 Å². The Hall–Kier alpha value is -2.69. The average Bonchev–Trinajstić information content (AvgIpc) is 2.67. The van der Waals surface area contributed by atoms with Gasteiger partial charge in [0.05, 0.1) is 12.0 Å². The van der Waals surface area contributed by atoms with Crippen molar-refractivity contribution in [3.8, 4) is 11.5 Å². The van der Waals surface area contributed by atoms with Gasteiger partial charge >= 0.3 is 0 Å². The molecular weight excluding hydrogens is 384 g/mol. The maximum Gasteiger partial charge on any atom is 0.229 e. The van der Waals surface area contributed by atoms with E-state index in [0.717, 1.165) is 0 Å². The number of phenols is 1. The number of aromatic hydroxyl groups is 1. The summed E-state index contributed by atoms with van der Waals surface area (Å²) < 4.78 is 16.6. The summed E-state index contributed by atoms with van der Waals surface area (Å²) in [7, 11) is 0. The number of phenolic OH excluding ortho intramolecular Hbond substituents is 1. The van der Waals surface area contributed by atoms with E-state index in [4.69, 9.17) is 13.9 Å². The van der Waals surface area contributed by atoms with Crippen LogP contribution in [0.3, 0.4) is 0 Å². The van der Waals surface area contributed by atoms with Crippen molar-refractivity contribution in [2.45, 2.75) is 37.6 Å². The van der Waals surface area contributed by atoms with Crippen molar-refractivity contribution in [1.82, 2.24) is 0 Å². The van der Waals surface area contributed by atoms with Crippen LogP contribution in [0.1, 0.15) is 5.76 Å². The zero-order valence-corrected chi connectivity index (χ0v) is 15.3. The molecular formula is C20H20O9. The van der Waals surface area contributed by atoms with Gasteiger partial charge in [-0.1, -0.05) is 12.1 Å². The maximum absolute atomic E-state index is 12.4. The highest BCUT2D eigenvalue weighted by molar-refractivity contribution is 6.05. The van der Waals surface area contributed by atoms with E-state index < -0.39 is 42.7 Å². The number of rotatable bonds is 3. The van der Waals surface area contributed by atoms with Crippen LogP contribution in [-0.2, 0) is 4.74 Å². The lowest BCUT2D eigenvalue weighted by atomic mass is 9.99. The molecule has 29 heavy (non-hydrogen) atoms. The van der Waals surface area contributed by atoms with E-state index in [1.807, 2.05) is 0 Å². The summed E-state index contributed by atoms with van der Waals surface area (Å²) in [6, 6.07) is 7.64. The summed E-state index contributed by atoms with van der Waals surface area (Å²) in [6.45, 7) is 1.03. The quantitative estimate of drug-likeness (QED) is 0.384. The first-order chi connectivity index (χ1) is 13.8. The summed E-state index contributed by atoms with van der Waals surface area (Å²) in [6.07, 6.45) is -7.31. The second-order valence-electron chi connectivity index (χ2n) is 6.99. The number of hydrogen-bond donors (Lipinski definition) is 5. The third-order valence-electron chi connectivity index (χ3n) is 5.01. The Kier molecular flexibility index (Phi) is 4.93. The Morgan fingerprint density at radius 2 is 1.83 bits per heavy atom. The second kappa shape index (κ2) is 7.29. The lowest BCUT2D eigenvalue weighted by Crippen LogP contribution is -2.60. The van der Waals surface area contributed by atoms with E-state index >= 15 is 0 Å². The monoisotopic (exact) mass is 404 g/mol. The SMILES string of the molecule is Cc1cc(=O)c2c(O)c3c(OC4OC(CO)C(O)C(O)C4O)cccc3cc2o1. The molecule has 2 aromatic carbocycles. The van der Waals surface area contributed by atoms with Crippen LogP contribution < -0.4 is 10.2 Å². The van der Waals surface area contributed by atoms with Gasteiger partial charge in [0, 0.05) is 6.07 Å². The molecule has 0 spiro atoms. The molecule has 0 radical (unpaired) electrons. The number of ether oxygens (including phenoxy) is 2. The third-order valence-corrected chi connectivity index (χ3v) is 5.01. The zero-order chi connectivity index (χ0) is 20.9. The van der Waals surface area contributed by atoms with Gasteiger partial charge in [-0.3, -0.25) is 4.79 Å². The molecule has 0 aliphatic carbocycles. The first kappa shape index (κ1) is 19.6. The molecule has 1 fully saturated rings. The fourth-order valence-electron chi connectivity index (χ4n) is 3.54. The van der Waals surface area contributed by atoms with E-state index in [9.17, 15) is 30.3 Å². The molecule has 0 amide bonds. The smallest absolute Gasteiger partial charge is 0.229 e. The minimum Gasteiger partial charge on any atom is -0.506 e. The van der Waals surface area contributed by atoms with E-state index in [2.05, 4.69) is 0 Å². The van der Waals surface area contributed by atoms with Gasteiger partial charge in [-0.2, -0.15) is 0 Å². The van der Waals surface area contributed by atoms with Crippen molar-refractivity contribution in [3.05, 3.63) is 46.3 Å². The van der Waals surface area contributed by atoms with Crippen molar-refractivity contribution in [3.63, 3.8) is 0 Å². The fourth-order valence-corrected chi connectivity index (χ4v) is 3.54. The second-order valence-corrected chi connectivity index (χ2v) is 6.99. The van der Waals surface area contributed by atoms with Crippen molar-refractivity contribution in [1.29, 1.82) is 0 Å². The number of aliphatic hydroxyl groups excluding tert-OH is 4. The minimum absolute atomic E-state index is 0.0204. The van der Waals surface area contributed by atoms with Gasteiger partial charge < -0.3 is 39.4 Å². The molecule has 2 heterocycles. The molecule has 9 nitrogen and oxygen atoms in total. The average molecular weight is 404 g/mol. The molecule has 154 valence electrons. The lowest BCUT2D eigenvalue weighted by molar-refractivity contribution is -0.277. The first-order valence-electron chi connectivity index (χ1n) is 8.98. The van der Waals surface area contributed by atoms with E-state index in [1.54, 1.807) is 25.1 Å². The topological polar surface area (TPSA) is 150 Å². The Balaban J connectivity index is 1.82. The van der Waals surface area contributed by atoms with Crippen LogP contribution in [-0.4, -0.2) is 62.8 Å². The highest BCUT2D eigenvalue weighted by atomic mass is 16.7. The third kappa shape index (κ3) is 3.22. The zero-order valence-electron chi connectivity index (χ0n) is 15.3. The van der Waals surface area contributed by atoms with E-state index in [1.165, 1.54) is 12.1 Å². The summed E-state index contributed by atoms with van der Waals surface area (Å²) in [5, 5.41) is 50.8. The molecule has 1 aliphatic heterocycles. The summed E-state index contributed by atoms with van der Waals surface area (Å²) >= 11 is 0. The summed E-state index contributed by atoms with van der Waals surface area (Å²) in [5.41, 5.74) is -0.212. The molecule has 4 rings (SSSR count). The molecule has 1 aromatic heterocycles. The van der Waals surface area contributed by atoms with Gasteiger partial charge in [-0.25, -0.2) is 0 Å². The Morgan fingerprint density at radius 3 is 2.55 bits per heavy atom. The Bertz CT molecular complexity index is 1120. The van der Waals surface area contributed by atoms with Crippen LogP contribution in [0, 0.1) is 6.92 Å². The fraction of sp³-hybridized carbons (Fsp3) is 0.350. The first-order valence-corrected chi connectivity index (χ1v) is 8.98. The Morgan fingerprint density at radius 1 is 1.07 bits per heavy atom. The number of aryl methyl sites for hydroxylation is 1. The van der Waals surface area contributed by atoms with Crippen LogP contribution in [0.4, 0.5) is 0 Å². The van der Waals surface area contributed by atoms with Crippen molar-refractivity contribution in [2.75, 3.05) is 6.61 Å². The van der Waals surface area contributed by atoms with Crippen LogP contribution >= 0.6 is 0 Å². The normalized spacial score (nSPS) is 27.4.